The van der Waals surface area contributed by atoms with E-state index in [4.69, 9.17) is 0 Å². The van der Waals surface area contributed by atoms with Gasteiger partial charge in [-0.15, -0.1) is 0 Å². The average molecular weight is 238 g/mol. The molecule has 0 N–H and O–H groups in total. The van der Waals surface area contributed by atoms with Gasteiger partial charge in [0.1, 0.15) is 0 Å². The molecule has 0 aliphatic heterocycles. The summed E-state index contributed by atoms with van der Waals surface area (Å²) in [5.41, 5.74) is 0.975. The fourth-order valence-electron chi connectivity index (χ4n) is 9.55. The maximum atomic E-state index is 2.62. The molecule has 0 aromatic heterocycles. The average Bonchev–Trinajstić information content (AvgIpc) is 2.90. The summed E-state index contributed by atoms with van der Waals surface area (Å²) in [7, 11) is 0. The van der Waals surface area contributed by atoms with E-state index >= 15 is 0 Å². The third-order valence-corrected chi connectivity index (χ3v) is 9.35. The molecule has 1 spiro atoms. The molecular formula is C18H22. The molecule has 0 radical (unpaired) electrons. The summed E-state index contributed by atoms with van der Waals surface area (Å²) in [4.78, 5) is 0. The first-order valence-electron chi connectivity index (χ1n) is 8.59. The van der Waals surface area contributed by atoms with Crippen molar-refractivity contribution in [2.75, 3.05) is 0 Å². The molecule has 0 heterocycles. The summed E-state index contributed by atoms with van der Waals surface area (Å²) < 4.78 is 0. The van der Waals surface area contributed by atoms with Gasteiger partial charge in [0.15, 0.2) is 0 Å². The second-order valence-corrected chi connectivity index (χ2v) is 8.89. The van der Waals surface area contributed by atoms with Crippen molar-refractivity contribution in [1.82, 2.24) is 0 Å². The van der Waals surface area contributed by atoms with Gasteiger partial charge in [-0.25, -0.2) is 0 Å². The standard InChI is InChI=1S/C18H22/c1-2-10-11(3-1)15-13-7-12(14(10)15)17-16-8-4-5-9(6-8)18(13,16)17/h1-2,8-17H,3-7H2. The van der Waals surface area contributed by atoms with Gasteiger partial charge in [0, 0.05) is 0 Å². The van der Waals surface area contributed by atoms with E-state index in [2.05, 4.69) is 12.2 Å². The van der Waals surface area contributed by atoms with Crippen LogP contribution in [0.4, 0.5) is 0 Å². The van der Waals surface area contributed by atoms with Gasteiger partial charge in [0.05, 0.1) is 0 Å². The highest BCUT2D eigenvalue weighted by Gasteiger charge is 2.88. The second-order valence-electron chi connectivity index (χ2n) is 8.89. The quantitative estimate of drug-likeness (QED) is 0.564. The Hall–Kier alpha value is -0.260. The molecule has 0 aromatic carbocycles. The highest BCUT2D eigenvalue weighted by atomic mass is 14.9. The zero-order valence-electron chi connectivity index (χ0n) is 11.0. The topological polar surface area (TPSA) is 0 Å². The van der Waals surface area contributed by atoms with Crippen LogP contribution >= 0.6 is 0 Å². The molecular weight excluding hydrogens is 216 g/mol. The summed E-state index contributed by atoms with van der Waals surface area (Å²) in [5, 5.41) is 0. The third-order valence-electron chi connectivity index (χ3n) is 9.35. The molecule has 7 aliphatic rings. The van der Waals surface area contributed by atoms with Gasteiger partial charge < -0.3 is 0 Å². The Bertz CT molecular complexity index is 504. The van der Waals surface area contributed by atoms with Gasteiger partial charge in [-0.2, -0.15) is 0 Å². The SMILES string of the molecule is C1=CC2C(C1)C1C2C2CC1C13C4CCC(C4)C1C23. The maximum absolute atomic E-state index is 2.62. The summed E-state index contributed by atoms with van der Waals surface area (Å²) in [5.74, 6) is 11.9. The molecule has 7 aliphatic carbocycles. The van der Waals surface area contributed by atoms with Gasteiger partial charge in [-0.1, -0.05) is 12.2 Å². The molecule has 6 fully saturated rings. The summed E-state index contributed by atoms with van der Waals surface area (Å²) in [6.07, 6.45) is 13.2. The Morgan fingerprint density at radius 2 is 1.94 bits per heavy atom. The molecule has 11 unspecified atom stereocenters. The predicted octanol–water partition coefficient (Wildman–Crippen LogP) is 3.74. The minimum absolute atomic E-state index is 0.975. The molecule has 0 amide bonds. The lowest BCUT2D eigenvalue weighted by Crippen LogP contribution is -2.50. The Balaban J connectivity index is 1.39. The molecule has 0 heteroatoms. The van der Waals surface area contributed by atoms with E-state index in [1.54, 1.807) is 25.7 Å². The van der Waals surface area contributed by atoms with Crippen LogP contribution in [0.3, 0.4) is 0 Å². The van der Waals surface area contributed by atoms with E-state index in [0.29, 0.717) is 0 Å². The number of hydrogen-bond acceptors (Lipinski definition) is 0. The Morgan fingerprint density at radius 1 is 0.944 bits per heavy atom. The fourth-order valence-corrected chi connectivity index (χ4v) is 9.55. The lowest BCUT2D eigenvalue weighted by atomic mass is 9.50. The number of allylic oxidation sites excluding steroid dienone is 2. The van der Waals surface area contributed by atoms with Crippen LogP contribution in [0.25, 0.3) is 0 Å². The molecule has 6 saturated carbocycles. The lowest BCUT2D eigenvalue weighted by molar-refractivity contribution is -0.0579. The minimum Gasteiger partial charge on any atom is -0.0879 e. The zero-order valence-corrected chi connectivity index (χ0v) is 11.0. The first-order valence-corrected chi connectivity index (χ1v) is 8.59. The van der Waals surface area contributed by atoms with Crippen molar-refractivity contribution in [3.63, 3.8) is 0 Å². The molecule has 94 valence electrons. The van der Waals surface area contributed by atoms with Gasteiger partial charge in [-0.05, 0) is 96.7 Å². The van der Waals surface area contributed by atoms with E-state index in [9.17, 15) is 0 Å². The van der Waals surface area contributed by atoms with Crippen LogP contribution in [0, 0.1) is 64.6 Å². The molecule has 7 rings (SSSR count). The van der Waals surface area contributed by atoms with Crippen molar-refractivity contribution in [2.45, 2.75) is 32.1 Å². The molecule has 0 saturated heterocycles. The summed E-state index contributed by atoms with van der Waals surface area (Å²) >= 11 is 0. The fraction of sp³-hybridized carbons (Fsp3) is 0.889. The monoisotopic (exact) mass is 238 g/mol. The molecule has 18 heavy (non-hydrogen) atoms. The van der Waals surface area contributed by atoms with Crippen molar-refractivity contribution in [3.05, 3.63) is 12.2 Å². The van der Waals surface area contributed by atoms with Crippen LogP contribution < -0.4 is 0 Å². The normalized spacial score (nSPS) is 79.1. The van der Waals surface area contributed by atoms with E-state index < -0.39 is 0 Å². The van der Waals surface area contributed by atoms with Crippen LogP contribution in [0.2, 0.25) is 0 Å². The molecule has 0 aromatic rings. The Labute approximate surface area is 109 Å². The summed E-state index contributed by atoms with van der Waals surface area (Å²) in [6, 6.07) is 0. The van der Waals surface area contributed by atoms with Crippen LogP contribution in [0.5, 0.6) is 0 Å². The predicted molar refractivity (Wildman–Crippen MR) is 69.6 cm³/mol. The number of hydrogen-bond donors (Lipinski definition) is 0. The number of rotatable bonds is 0. The Morgan fingerprint density at radius 3 is 2.94 bits per heavy atom. The van der Waals surface area contributed by atoms with Crippen LogP contribution in [-0.4, -0.2) is 0 Å². The van der Waals surface area contributed by atoms with Crippen molar-refractivity contribution < 1.29 is 0 Å². The van der Waals surface area contributed by atoms with Crippen molar-refractivity contribution in [1.29, 1.82) is 0 Å². The van der Waals surface area contributed by atoms with Gasteiger partial charge in [-0.3, -0.25) is 0 Å². The number of fused-ring (bicyclic) bond motifs is 13. The van der Waals surface area contributed by atoms with Crippen LogP contribution in [0.1, 0.15) is 32.1 Å². The van der Waals surface area contributed by atoms with Crippen LogP contribution in [-0.2, 0) is 0 Å². The molecule has 0 nitrogen and oxygen atoms in total. The second kappa shape index (κ2) is 2.27. The highest BCUT2D eigenvalue weighted by Crippen LogP contribution is 2.93. The van der Waals surface area contributed by atoms with Gasteiger partial charge in [0.25, 0.3) is 0 Å². The Kier molecular flexibility index (Phi) is 1.11. The third kappa shape index (κ3) is 0.581. The van der Waals surface area contributed by atoms with Crippen molar-refractivity contribution >= 4 is 0 Å². The van der Waals surface area contributed by atoms with Gasteiger partial charge >= 0.3 is 0 Å². The zero-order chi connectivity index (χ0) is 11.2. The lowest BCUT2D eigenvalue weighted by Gasteiger charge is -2.54. The molecule has 4 bridgehead atoms. The maximum Gasteiger partial charge on any atom is -0.0165 e. The van der Waals surface area contributed by atoms with E-state index in [-0.39, 0.29) is 0 Å². The van der Waals surface area contributed by atoms with Crippen LogP contribution in [0.15, 0.2) is 12.2 Å². The van der Waals surface area contributed by atoms with Crippen molar-refractivity contribution in [2.24, 2.45) is 64.6 Å². The highest BCUT2D eigenvalue weighted by molar-refractivity contribution is 5.37. The van der Waals surface area contributed by atoms with E-state index in [0.717, 1.165) is 17.3 Å². The van der Waals surface area contributed by atoms with E-state index in [1.807, 2.05) is 0 Å². The first kappa shape index (κ1) is 8.82. The van der Waals surface area contributed by atoms with Crippen molar-refractivity contribution in [3.8, 4) is 0 Å². The largest absolute Gasteiger partial charge is 0.0879 e. The van der Waals surface area contributed by atoms with E-state index in [1.165, 1.54) is 53.8 Å². The van der Waals surface area contributed by atoms with Gasteiger partial charge in [0.2, 0.25) is 0 Å². The summed E-state index contributed by atoms with van der Waals surface area (Å²) in [6.45, 7) is 0. The minimum atomic E-state index is 0.975. The smallest absolute Gasteiger partial charge is 0.0165 e. The first-order chi connectivity index (χ1) is 8.92. The molecule has 11 atom stereocenters.